The fraction of sp³-hybridized carbons (Fsp3) is 0.500. The molecular weight excluding hydrogens is 328 g/mol. The second-order valence-corrected chi connectivity index (χ2v) is 3.82. The molecule has 0 heterocycles. The summed E-state index contributed by atoms with van der Waals surface area (Å²) >= 11 is 0. The van der Waals surface area contributed by atoms with Gasteiger partial charge in [-0.05, 0) is 0 Å². The molecule has 0 saturated carbocycles. The van der Waals surface area contributed by atoms with Crippen LogP contribution in [0.2, 0.25) is 0 Å². The predicted molar refractivity (Wildman–Crippen MR) is 51.3 cm³/mol. The first-order valence-electron chi connectivity index (χ1n) is 3.87. The third-order valence-electron chi connectivity index (χ3n) is 1.29. The van der Waals surface area contributed by atoms with Crippen LogP contribution in [0.1, 0.15) is 12.8 Å². The minimum atomic E-state index is -4.67. The van der Waals surface area contributed by atoms with Crippen molar-refractivity contribution in [2.45, 2.75) is 18.4 Å². The van der Waals surface area contributed by atoms with Gasteiger partial charge in [0, 0.05) is 21.7 Å². The van der Waals surface area contributed by atoms with Gasteiger partial charge >= 0.3 is 28.3 Å². The van der Waals surface area contributed by atoms with Crippen molar-refractivity contribution in [1.82, 2.24) is 0 Å². The average molecular weight is 338 g/mol. The second-order valence-electron chi connectivity index (χ2n) is 2.93. The smallest absolute Gasteiger partial charge is 0.394 e. The maximum atomic E-state index is 10.3. The Bertz CT molecular complexity index is 402. The number of hydrogen-bond donors (Lipinski definition) is 6. The van der Waals surface area contributed by atoms with Gasteiger partial charge in [0.15, 0.2) is 5.60 Å². The van der Waals surface area contributed by atoms with Crippen LogP contribution in [0.3, 0.4) is 0 Å². The third kappa shape index (κ3) is 17.0. The Morgan fingerprint density at radius 2 is 1.11 bits per heavy atom. The van der Waals surface area contributed by atoms with E-state index in [9.17, 15) is 14.4 Å². The Morgan fingerprint density at radius 1 is 0.895 bits per heavy atom. The largest absolute Gasteiger partial charge is 0.481 e. The molecule has 13 heteroatoms. The molecule has 0 rings (SSSR count). The molecule has 11 nitrogen and oxygen atoms in total. The molecule has 0 bridgehead atoms. The van der Waals surface area contributed by atoms with Crippen LogP contribution in [0, 0.1) is 0 Å². The van der Waals surface area contributed by atoms with Gasteiger partial charge in [0.25, 0.3) is 0 Å². The number of hydrogen-bond acceptors (Lipinski definition) is 6. The van der Waals surface area contributed by atoms with Gasteiger partial charge in [-0.1, -0.05) is 0 Å². The van der Waals surface area contributed by atoms with Crippen molar-refractivity contribution in [3.05, 3.63) is 0 Å². The Kier molecular flexibility index (Phi) is 10.9. The maximum Gasteiger partial charge on any atom is 0.394 e. The molecule has 0 aliphatic rings. The van der Waals surface area contributed by atoms with Crippen LogP contribution in [-0.4, -0.2) is 61.5 Å². The third-order valence-corrected chi connectivity index (χ3v) is 1.29. The number of aliphatic hydroxyl groups is 1. The Hall–Kier alpha value is -1.05. The molecule has 0 aliphatic carbocycles. The monoisotopic (exact) mass is 338 g/mol. The number of carboxylic acid groups (broad SMARTS) is 3. The van der Waals surface area contributed by atoms with Gasteiger partial charge in [0.2, 0.25) is 0 Å². The first-order chi connectivity index (χ1) is 7.78. The van der Waals surface area contributed by atoms with Crippen molar-refractivity contribution in [2.24, 2.45) is 0 Å². The Morgan fingerprint density at radius 3 is 1.21 bits per heavy atom. The number of carbonyl (C=O) groups is 3. The fourth-order valence-corrected chi connectivity index (χ4v) is 0.714. The molecule has 0 spiro atoms. The van der Waals surface area contributed by atoms with E-state index in [1.54, 1.807) is 0 Å². The summed E-state index contributed by atoms with van der Waals surface area (Å²) in [7, 11) is -4.67. The number of carboxylic acids is 3. The van der Waals surface area contributed by atoms with Crippen LogP contribution in [0.15, 0.2) is 0 Å². The molecule has 0 saturated heterocycles. The van der Waals surface area contributed by atoms with Crippen molar-refractivity contribution < 1.29 is 74.1 Å². The molecule has 19 heavy (non-hydrogen) atoms. The van der Waals surface area contributed by atoms with E-state index in [0.717, 1.165) is 0 Å². The molecule has 6 N–H and O–H groups in total. The molecule has 0 aromatic rings. The van der Waals surface area contributed by atoms with Crippen LogP contribution < -0.4 is 0 Å². The molecule has 0 fully saturated rings. The summed E-state index contributed by atoms with van der Waals surface area (Å²) in [5.41, 5.74) is -2.74. The van der Waals surface area contributed by atoms with Gasteiger partial charge in [0.1, 0.15) is 0 Å². The molecule has 0 unspecified atom stereocenters. The van der Waals surface area contributed by atoms with E-state index >= 15 is 0 Å². The van der Waals surface area contributed by atoms with Crippen LogP contribution in [0.5, 0.6) is 0 Å². The zero-order valence-electron chi connectivity index (χ0n) is 9.05. The quantitative estimate of drug-likeness (QED) is 0.241. The SMILES string of the molecule is O=C(O)CC(O)(CC(=O)O)C(=O)O.O=S(=O)(O)O.[Ti]. The molecule has 0 radical (unpaired) electrons. The summed E-state index contributed by atoms with van der Waals surface area (Å²) in [5, 5.41) is 33.8. The molecule has 0 aromatic carbocycles. The van der Waals surface area contributed by atoms with E-state index in [-0.39, 0.29) is 21.7 Å². The van der Waals surface area contributed by atoms with Crippen molar-refractivity contribution in [1.29, 1.82) is 0 Å². The maximum absolute atomic E-state index is 10.3. The van der Waals surface area contributed by atoms with Crippen LogP contribution in [0.4, 0.5) is 0 Å². The summed E-state index contributed by atoms with van der Waals surface area (Å²) in [6, 6.07) is 0. The summed E-state index contributed by atoms with van der Waals surface area (Å²) in [5.74, 6) is -5.02. The van der Waals surface area contributed by atoms with Gasteiger partial charge in [-0.25, -0.2) is 4.79 Å². The zero-order valence-corrected chi connectivity index (χ0v) is 11.4. The van der Waals surface area contributed by atoms with E-state index in [0.29, 0.717) is 0 Å². The van der Waals surface area contributed by atoms with E-state index < -0.39 is 46.7 Å². The Balaban J connectivity index is -0.000000366. The van der Waals surface area contributed by atoms with Crippen molar-refractivity contribution in [3.63, 3.8) is 0 Å². The first kappa shape index (κ1) is 23.1. The summed E-state index contributed by atoms with van der Waals surface area (Å²) in [6.07, 6.45) is -2.29. The van der Waals surface area contributed by atoms with Gasteiger partial charge in [-0.2, -0.15) is 8.42 Å². The fourth-order valence-electron chi connectivity index (χ4n) is 0.714. The molecule has 110 valence electrons. The molecule has 0 aromatic heterocycles. The van der Waals surface area contributed by atoms with Crippen molar-refractivity contribution >= 4 is 28.3 Å². The normalized spacial score (nSPS) is 10.5. The number of rotatable bonds is 5. The summed E-state index contributed by atoms with van der Waals surface area (Å²) in [4.78, 5) is 30.5. The second kappa shape index (κ2) is 8.95. The molecule has 0 atom stereocenters. The van der Waals surface area contributed by atoms with Gasteiger partial charge < -0.3 is 20.4 Å². The molecular formula is C6H10O11STi. The molecule has 0 amide bonds. The van der Waals surface area contributed by atoms with Crippen molar-refractivity contribution in [2.75, 3.05) is 0 Å². The Labute approximate surface area is 121 Å². The topological polar surface area (TPSA) is 207 Å². The van der Waals surface area contributed by atoms with E-state index in [2.05, 4.69) is 0 Å². The predicted octanol–water partition coefficient (Wildman–Crippen LogP) is -1.90. The first-order valence-corrected chi connectivity index (χ1v) is 5.27. The van der Waals surface area contributed by atoms with Crippen LogP contribution >= 0.6 is 0 Å². The van der Waals surface area contributed by atoms with Crippen LogP contribution in [-0.2, 0) is 46.5 Å². The van der Waals surface area contributed by atoms with Crippen molar-refractivity contribution in [3.8, 4) is 0 Å². The molecule has 0 aliphatic heterocycles. The minimum absolute atomic E-state index is 0. The average Bonchev–Trinajstić information content (AvgIpc) is 1.95. The van der Waals surface area contributed by atoms with Crippen LogP contribution in [0.25, 0.3) is 0 Å². The van der Waals surface area contributed by atoms with E-state index in [1.165, 1.54) is 0 Å². The minimum Gasteiger partial charge on any atom is -0.481 e. The summed E-state index contributed by atoms with van der Waals surface area (Å²) < 4.78 is 31.6. The standard InChI is InChI=1S/C6H8O7.H2O4S.Ti/c7-3(8)1-6(13,5(11)12)2-4(9)10;1-5(2,3)4;/h13H,1-2H2,(H,7,8)(H,9,10)(H,11,12);(H2,1,2,3,4);. The van der Waals surface area contributed by atoms with E-state index in [1.807, 2.05) is 0 Å². The van der Waals surface area contributed by atoms with Gasteiger partial charge in [0.05, 0.1) is 12.8 Å². The van der Waals surface area contributed by atoms with E-state index in [4.69, 9.17) is 37.9 Å². The zero-order chi connectivity index (χ0) is 15.1. The number of aliphatic carboxylic acids is 3. The van der Waals surface area contributed by atoms with Gasteiger partial charge in [-0.3, -0.25) is 18.7 Å². The van der Waals surface area contributed by atoms with Gasteiger partial charge in [-0.15, -0.1) is 0 Å². The summed E-state index contributed by atoms with van der Waals surface area (Å²) in [6.45, 7) is 0.